The van der Waals surface area contributed by atoms with E-state index in [1.54, 1.807) is 54.6 Å². The molecule has 3 heterocycles. The molecule has 2 aliphatic heterocycles. The van der Waals surface area contributed by atoms with Crippen LogP contribution in [0.3, 0.4) is 0 Å². The molecule has 3 unspecified atom stereocenters. The second kappa shape index (κ2) is 8.82. The Labute approximate surface area is 217 Å². The molecule has 1 aromatic heterocycles. The smallest absolute Gasteiger partial charge is 0.248 e. The average molecular weight is 575 g/mol. The number of furan rings is 1. The molecule has 2 amide bonds. The number of nitrogens with two attached hydrogens (primary N) is 1. The lowest BCUT2D eigenvalue weighted by Crippen LogP contribution is -2.33. The number of imide groups is 1. The summed E-state index contributed by atoms with van der Waals surface area (Å²) in [6.07, 6.45) is 0. The van der Waals surface area contributed by atoms with Gasteiger partial charge in [0.05, 0.1) is 39.2 Å². The minimum Gasteiger partial charge on any atom is -0.460 e. The van der Waals surface area contributed by atoms with Crippen LogP contribution in [0.25, 0.3) is 11.3 Å². The van der Waals surface area contributed by atoms with Gasteiger partial charge in [0.1, 0.15) is 16.8 Å². The van der Waals surface area contributed by atoms with E-state index in [4.69, 9.17) is 33.4 Å². The fraction of sp³-hybridized carbons (Fsp3) is 0.125. The van der Waals surface area contributed by atoms with Crippen LogP contribution in [-0.4, -0.2) is 17.1 Å². The molecule has 170 valence electrons. The predicted octanol–water partition coefficient (Wildman–Crippen LogP) is 6.10. The van der Waals surface area contributed by atoms with Gasteiger partial charge in [0.2, 0.25) is 11.8 Å². The summed E-state index contributed by atoms with van der Waals surface area (Å²) >= 11 is 16.8. The van der Waals surface area contributed by atoms with E-state index in [1.807, 2.05) is 0 Å². The monoisotopic (exact) mass is 573 g/mol. The fourth-order valence-corrected chi connectivity index (χ4v) is 6.13. The highest BCUT2D eigenvalue weighted by molar-refractivity contribution is 9.10. The molecule has 0 radical (unpaired) electrons. The first kappa shape index (κ1) is 23.1. The maximum atomic E-state index is 13.6. The van der Waals surface area contributed by atoms with Crippen LogP contribution in [0.1, 0.15) is 11.7 Å². The molecule has 0 saturated carbocycles. The Morgan fingerprint density at radius 1 is 1.06 bits per heavy atom. The molecule has 0 bridgehead atoms. The Bertz CT molecular complexity index is 1410. The molecule has 2 aromatic carbocycles. The number of fused-ring (bicyclic) bond motifs is 1. The van der Waals surface area contributed by atoms with Crippen molar-refractivity contribution in [3.05, 3.63) is 85.5 Å². The first-order chi connectivity index (χ1) is 16.3. The molecule has 0 aliphatic carbocycles. The van der Waals surface area contributed by atoms with Crippen LogP contribution in [-0.2, 0) is 9.59 Å². The largest absolute Gasteiger partial charge is 0.460 e. The van der Waals surface area contributed by atoms with Crippen LogP contribution in [0.15, 0.2) is 74.1 Å². The van der Waals surface area contributed by atoms with Crippen molar-refractivity contribution in [2.24, 2.45) is 11.7 Å². The maximum Gasteiger partial charge on any atom is 0.248 e. The van der Waals surface area contributed by atoms with E-state index >= 15 is 0 Å². The summed E-state index contributed by atoms with van der Waals surface area (Å²) in [6.45, 7) is 0. The number of benzene rings is 2. The van der Waals surface area contributed by atoms with Crippen molar-refractivity contribution in [1.29, 1.82) is 5.26 Å². The topological polar surface area (TPSA) is 100 Å². The van der Waals surface area contributed by atoms with Crippen molar-refractivity contribution < 1.29 is 14.0 Å². The van der Waals surface area contributed by atoms with Gasteiger partial charge in [0, 0.05) is 15.1 Å². The number of anilines is 1. The second-order valence-electron chi connectivity index (χ2n) is 7.75. The molecule has 2 aliphatic rings. The summed E-state index contributed by atoms with van der Waals surface area (Å²) in [5.74, 6) is -1.68. The van der Waals surface area contributed by atoms with Crippen LogP contribution >= 0.6 is 50.9 Å². The van der Waals surface area contributed by atoms with E-state index in [9.17, 15) is 14.9 Å². The zero-order valence-electron chi connectivity index (χ0n) is 17.2. The Hall–Kier alpha value is -2.70. The number of thioether (sulfide) groups is 1. The van der Waals surface area contributed by atoms with Crippen molar-refractivity contribution in [3.63, 3.8) is 0 Å². The number of allylic oxidation sites excluding steroid dienone is 1. The van der Waals surface area contributed by atoms with Crippen molar-refractivity contribution in [1.82, 2.24) is 0 Å². The lowest BCUT2D eigenvalue weighted by molar-refractivity contribution is -0.122. The normalized spacial score (nSPS) is 22.2. The first-order valence-electron chi connectivity index (χ1n) is 10.0. The minimum atomic E-state index is -0.850. The molecule has 3 atom stereocenters. The SMILES string of the molecule is N#CC1=C(N)SC2C(=O)N(c3ccc(Br)cc3)C(=O)C2C1c1ccc(-c2cc(Cl)ccc2Cl)o1. The van der Waals surface area contributed by atoms with E-state index in [2.05, 4.69) is 22.0 Å². The van der Waals surface area contributed by atoms with Crippen molar-refractivity contribution in [2.75, 3.05) is 4.90 Å². The number of nitriles is 1. The van der Waals surface area contributed by atoms with Gasteiger partial charge in [-0.25, -0.2) is 4.90 Å². The quantitative estimate of drug-likeness (QED) is 0.379. The Morgan fingerprint density at radius 3 is 2.50 bits per heavy atom. The number of rotatable bonds is 3. The van der Waals surface area contributed by atoms with Gasteiger partial charge in [-0.05, 0) is 54.6 Å². The predicted molar refractivity (Wildman–Crippen MR) is 135 cm³/mol. The number of amides is 2. The molecule has 0 spiro atoms. The molecule has 10 heteroatoms. The zero-order chi connectivity index (χ0) is 24.1. The number of halogens is 3. The van der Waals surface area contributed by atoms with Gasteiger partial charge < -0.3 is 10.2 Å². The standard InChI is InChI=1S/C24H14BrCl2N3O3S/c25-11-1-4-13(5-2-11)30-23(31)20-19(15(10-28)22(29)34-21(20)24(30)32)18-8-7-17(33-18)14-9-12(26)3-6-16(14)27/h1-9,19-21H,29H2. The maximum absolute atomic E-state index is 13.6. The van der Waals surface area contributed by atoms with Gasteiger partial charge in [-0.1, -0.05) is 50.9 Å². The van der Waals surface area contributed by atoms with Crippen LogP contribution in [0.2, 0.25) is 10.0 Å². The van der Waals surface area contributed by atoms with E-state index in [-0.39, 0.29) is 16.5 Å². The zero-order valence-corrected chi connectivity index (χ0v) is 21.1. The van der Waals surface area contributed by atoms with Crippen molar-refractivity contribution in [3.8, 4) is 17.4 Å². The summed E-state index contributed by atoms with van der Waals surface area (Å²) in [6, 6.07) is 17.4. The van der Waals surface area contributed by atoms with Crippen LogP contribution in [0.5, 0.6) is 0 Å². The summed E-state index contributed by atoms with van der Waals surface area (Å²) in [5, 5.41) is 10.2. The van der Waals surface area contributed by atoms with Gasteiger partial charge in [0.15, 0.2) is 0 Å². The van der Waals surface area contributed by atoms with Gasteiger partial charge in [-0.3, -0.25) is 9.59 Å². The fourth-order valence-electron chi connectivity index (χ4n) is 4.28. The summed E-state index contributed by atoms with van der Waals surface area (Å²) in [4.78, 5) is 28.1. The van der Waals surface area contributed by atoms with Gasteiger partial charge in [0.25, 0.3) is 0 Å². The molecule has 1 fully saturated rings. The molecule has 3 aromatic rings. The third-order valence-electron chi connectivity index (χ3n) is 5.82. The lowest BCUT2D eigenvalue weighted by Gasteiger charge is -2.28. The van der Waals surface area contributed by atoms with Crippen LogP contribution in [0, 0.1) is 17.2 Å². The Balaban J connectivity index is 1.59. The van der Waals surface area contributed by atoms with E-state index < -0.39 is 23.0 Å². The van der Waals surface area contributed by atoms with Crippen molar-refractivity contribution >= 4 is 68.4 Å². The highest BCUT2D eigenvalue weighted by atomic mass is 79.9. The van der Waals surface area contributed by atoms with E-state index in [0.29, 0.717) is 32.8 Å². The second-order valence-corrected chi connectivity index (χ2v) is 10.7. The van der Waals surface area contributed by atoms with Gasteiger partial charge in [-0.2, -0.15) is 5.26 Å². The van der Waals surface area contributed by atoms with E-state index in [1.165, 1.54) is 0 Å². The third kappa shape index (κ3) is 3.73. The average Bonchev–Trinajstić information content (AvgIpc) is 3.39. The molecule has 6 nitrogen and oxygen atoms in total. The Kier molecular flexibility index (Phi) is 5.98. The molecule has 34 heavy (non-hydrogen) atoms. The van der Waals surface area contributed by atoms with E-state index in [0.717, 1.165) is 21.1 Å². The highest BCUT2D eigenvalue weighted by Crippen LogP contribution is 2.51. The summed E-state index contributed by atoms with van der Waals surface area (Å²) in [7, 11) is 0. The summed E-state index contributed by atoms with van der Waals surface area (Å²) in [5.41, 5.74) is 7.42. The van der Waals surface area contributed by atoms with Crippen molar-refractivity contribution in [2.45, 2.75) is 11.2 Å². The number of hydrogen-bond acceptors (Lipinski definition) is 6. The third-order valence-corrected chi connectivity index (χ3v) is 8.13. The Morgan fingerprint density at radius 2 is 1.79 bits per heavy atom. The first-order valence-corrected chi connectivity index (χ1v) is 12.5. The van der Waals surface area contributed by atoms with Gasteiger partial charge in [-0.15, -0.1) is 0 Å². The molecule has 5 rings (SSSR count). The molecule has 2 N–H and O–H groups in total. The number of nitrogens with zero attached hydrogens (tertiary/aromatic N) is 2. The molecular formula is C24H14BrCl2N3O3S. The van der Waals surface area contributed by atoms with Gasteiger partial charge >= 0.3 is 0 Å². The molecule has 1 saturated heterocycles. The molecular weight excluding hydrogens is 561 g/mol. The number of carbonyl (C=O) groups excluding carboxylic acids is 2. The number of carbonyl (C=O) groups is 2. The summed E-state index contributed by atoms with van der Waals surface area (Å²) < 4.78 is 6.91. The minimum absolute atomic E-state index is 0.197. The lowest BCUT2D eigenvalue weighted by atomic mass is 9.82. The highest BCUT2D eigenvalue weighted by Gasteiger charge is 2.57. The van der Waals surface area contributed by atoms with Crippen LogP contribution < -0.4 is 10.6 Å². The number of hydrogen-bond donors (Lipinski definition) is 1. The van der Waals surface area contributed by atoms with Crippen LogP contribution in [0.4, 0.5) is 5.69 Å².